The molecule has 0 spiro atoms. The van der Waals surface area contributed by atoms with E-state index < -0.39 is 0 Å². The van der Waals surface area contributed by atoms with Crippen molar-refractivity contribution in [3.63, 3.8) is 0 Å². The van der Waals surface area contributed by atoms with Gasteiger partial charge in [0.1, 0.15) is 11.5 Å². The summed E-state index contributed by atoms with van der Waals surface area (Å²) >= 11 is 0. The van der Waals surface area contributed by atoms with Crippen LogP contribution in [0, 0.1) is 0 Å². The van der Waals surface area contributed by atoms with Crippen LogP contribution in [0.3, 0.4) is 0 Å². The first kappa shape index (κ1) is 14.7. The molecule has 0 saturated heterocycles. The fourth-order valence-corrected chi connectivity index (χ4v) is 1.91. The van der Waals surface area contributed by atoms with Crippen LogP contribution < -0.4 is 20.5 Å². The Balaban J connectivity index is 2.25. The molecule has 0 bridgehead atoms. The van der Waals surface area contributed by atoms with E-state index in [9.17, 15) is 4.79 Å². The standard InChI is InChI=1S/C16H18N2O3/c1-3-21-15-8-7-11(17)9-14(15)16(19)18-12-5-4-6-13(10-12)20-2/h4-10H,3,17H2,1-2H3,(H,18,19). The minimum atomic E-state index is -0.279. The van der Waals surface area contributed by atoms with Gasteiger partial charge in [-0.2, -0.15) is 0 Å². The van der Waals surface area contributed by atoms with Gasteiger partial charge >= 0.3 is 0 Å². The number of anilines is 2. The fourth-order valence-electron chi connectivity index (χ4n) is 1.91. The van der Waals surface area contributed by atoms with Crippen LogP contribution in [0.2, 0.25) is 0 Å². The largest absolute Gasteiger partial charge is 0.497 e. The maximum absolute atomic E-state index is 12.4. The van der Waals surface area contributed by atoms with Crippen LogP contribution in [-0.2, 0) is 0 Å². The van der Waals surface area contributed by atoms with Crippen molar-refractivity contribution >= 4 is 17.3 Å². The molecule has 2 rings (SSSR count). The van der Waals surface area contributed by atoms with E-state index in [-0.39, 0.29) is 5.91 Å². The summed E-state index contributed by atoms with van der Waals surface area (Å²) in [5.74, 6) is 0.900. The zero-order chi connectivity index (χ0) is 15.2. The summed E-state index contributed by atoms with van der Waals surface area (Å²) in [6, 6.07) is 12.1. The van der Waals surface area contributed by atoms with Gasteiger partial charge < -0.3 is 20.5 Å². The molecule has 0 saturated carbocycles. The molecule has 0 heterocycles. The van der Waals surface area contributed by atoms with Crippen molar-refractivity contribution in [2.45, 2.75) is 6.92 Å². The van der Waals surface area contributed by atoms with E-state index in [0.29, 0.717) is 35.0 Å². The summed E-state index contributed by atoms with van der Waals surface area (Å²) in [5.41, 5.74) is 7.30. The minimum absolute atomic E-state index is 0.279. The Morgan fingerprint density at radius 1 is 1.24 bits per heavy atom. The predicted octanol–water partition coefficient (Wildman–Crippen LogP) is 2.93. The summed E-state index contributed by atoms with van der Waals surface area (Å²) in [4.78, 5) is 12.4. The molecule has 5 heteroatoms. The Hall–Kier alpha value is -2.69. The van der Waals surface area contributed by atoms with Gasteiger partial charge in [0, 0.05) is 17.4 Å². The molecule has 110 valence electrons. The van der Waals surface area contributed by atoms with Crippen LogP contribution in [0.1, 0.15) is 17.3 Å². The first-order valence-electron chi connectivity index (χ1n) is 6.61. The second-order valence-corrected chi connectivity index (χ2v) is 4.37. The molecular weight excluding hydrogens is 268 g/mol. The molecule has 2 aromatic carbocycles. The molecule has 0 aliphatic carbocycles. The number of amides is 1. The zero-order valence-corrected chi connectivity index (χ0v) is 12.1. The number of nitrogen functional groups attached to an aromatic ring is 1. The first-order valence-corrected chi connectivity index (χ1v) is 6.61. The summed E-state index contributed by atoms with van der Waals surface area (Å²) in [7, 11) is 1.58. The number of ether oxygens (including phenoxy) is 2. The molecule has 0 aliphatic rings. The lowest BCUT2D eigenvalue weighted by molar-refractivity contribution is 0.102. The molecule has 3 N–H and O–H groups in total. The summed E-state index contributed by atoms with van der Waals surface area (Å²) in [5, 5.41) is 2.80. The van der Waals surface area contributed by atoms with Gasteiger partial charge in [0.2, 0.25) is 0 Å². The molecule has 0 radical (unpaired) electrons. The molecule has 21 heavy (non-hydrogen) atoms. The normalized spacial score (nSPS) is 10.0. The highest BCUT2D eigenvalue weighted by Crippen LogP contribution is 2.24. The number of nitrogens with one attached hydrogen (secondary N) is 1. The van der Waals surface area contributed by atoms with Crippen molar-refractivity contribution in [3.05, 3.63) is 48.0 Å². The van der Waals surface area contributed by atoms with Gasteiger partial charge in [0.25, 0.3) is 5.91 Å². The number of hydrogen-bond donors (Lipinski definition) is 2. The number of carbonyl (C=O) groups is 1. The van der Waals surface area contributed by atoms with Crippen LogP contribution >= 0.6 is 0 Å². The van der Waals surface area contributed by atoms with Gasteiger partial charge in [0.05, 0.1) is 19.3 Å². The van der Waals surface area contributed by atoms with Crippen molar-refractivity contribution in [3.8, 4) is 11.5 Å². The van der Waals surface area contributed by atoms with E-state index in [1.807, 2.05) is 13.0 Å². The lowest BCUT2D eigenvalue weighted by Gasteiger charge is -2.12. The number of hydrogen-bond acceptors (Lipinski definition) is 4. The van der Waals surface area contributed by atoms with E-state index in [1.165, 1.54) is 0 Å². The maximum Gasteiger partial charge on any atom is 0.259 e. The Kier molecular flexibility index (Phi) is 4.66. The third-order valence-electron chi connectivity index (χ3n) is 2.88. The van der Waals surface area contributed by atoms with Gasteiger partial charge in [-0.1, -0.05) is 6.07 Å². The highest BCUT2D eigenvalue weighted by molar-refractivity contribution is 6.06. The summed E-state index contributed by atoms with van der Waals surface area (Å²) < 4.78 is 10.6. The minimum Gasteiger partial charge on any atom is -0.497 e. The zero-order valence-electron chi connectivity index (χ0n) is 12.1. The maximum atomic E-state index is 12.4. The SMILES string of the molecule is CCOc1ccc(N)cc1C(=O)Nc1cccc(OC)c1. The molecule has 0 atom stereocenters. The van der Waals surface area contributed by atoms with E-state index >= 15 is 0 Å². The van der Waals surface area contributed by atoms with Gasteiger partial charge in [-0.05, 0) is 37.3 Å². The van der Waals surface area contributed by atoms with Gasteiger partial charge in [0.15, 0.2) is 0 Å². The fraction of sp³-hybridized carbons (Fsp3) is 0.188. The molecule has 0 unspecified atom stereocenters. The molecule has 0 aromatic heterocycles. The Labute approximate surface area is 123 Å². The number of rotatable bonds is 5. The van der Waals surface area contributed by atoms with Crippen molar-refractivity contribution < 1.29 is 14.3 Å². The van der Waals surface area contributed by atoms with Gasteiger partial charge in [-0.25, -0.2) is 0 Å². The third-order valence-corrected chi connectivity index (χ3v) is 2.88. The van der Waals surface area contributed by atoms with Crippen LogP contribution in [0.5, 0.6) is 11.5 Å². The van der Waals surface area contributed by atoms with Crippen molar-refractivity contribution in [2.24, 2.45) is 0 Å². The number of carbonyl (C=O) groups excluding carboxylic acids is 1. The number of benzene rings is 2. The lowest BCUT2D eigenvalue weighted by Crippen LogP contribution is -2.14. The van der Waals surface area contributed by atoms with Crippen molar-refractivity contribution in [2.75, 3.05) is 24.8 Å². The van der Waals surface area contributed by atoms with Crippen LogP contribution in [0.15, 0.2) is 42.5 Å². The van der Waals surface area contributed by atoms with Crippen LogP contribution in [0.25, 0.3) is 0 Å². The summed E-state index contributed by atoms with van der Waals surface area (Å²) in [6.07, 6.45) is 0. The number of nitrogens with two attached hydrogens (primary N) is 1. The molecule has 1 amide bonds. The lowest BCUT2D eigenvalue weighted by atomic mass is 10.1. The van der Waals surface area contributed by atoms with E-state index in [2.05, 4.69) is 5.32 Å². The second kappa shape index (κ2) is 6.65. The molecule has 2 aromatic rings. The average molecular weight is 286 g/mol. The molecular formula is C16H18N2O3. The molecule has 0 aliphatic heterocycles. The van der Waals surface area contributed by atoms with E-state index in [0.717, 1.165) is 0 Å². The van der Waals surface area contributed by atoms with E-state index in [1.54, 1.807) is 43.5 Å². The Morgan fingerprint density at radius 2 is 2.05 bits per heavy atom. The first-order chi connectivity index (χ1) is 10.1. The van der Waals surface area contributed by atoms with E-state index in [4.69, 9.17) is 15.2 Å². The van der Waals surface area contributed by atoms with Crippen molar-refractivity contribution in [1.82, 2.24) is 0 Å². The second-order valence-electron chi connectivity index (χ2n) is 4.37. The molecule has 5 nitrogen and oxygen atoms in total. The summed E-state index contributed by atoms with van der Waals surface area (Å²) in [6.45, 7) is 2.34. The third kappa shape index (κ3) is 3.66. The Bertz CT molecular complexity index is 641. The number of methoxy groups -OCH3 is 1. The van der Waals surface area contributed by atoms with Crippen molar-refractivity contribution in [1.29, 1.82) is 0 Å². The predicted molar refractivity (Wildman–Crippen MR) is 83.0 cm³/mol. The smallest absolute Gasteiger partial charge is 0.259 e. The Morgan fingerprint density at radius 3 is 2.76 bits per heavy atom. The van der Waals surface area contributed by atoms with Gasteiger partial charge in [-0.3, -0.25) is 4.79 Å². The topological polar surface area (TPSA) is 73.6 Å². The highest BCUT2D eigenvalue weighted by atomic mass is 16.5. The van der Waals surface area contributed by atoms with Crippen LogP contribution in [0.4, 0.5) is 11.4 Å². The highest BCUT2D eigenvalue weighted by Gasteiger charge is 2.13. The molecule has 0 fully saturated rings. The monoisotopic (exact) mass is 286 g/mol. The quantitative estimate of drug-likeness (QED) is 0.829. The van der Waals surface area contributed by atoms with Gasteiger partial charge in [-0.15, -0.1) is 0 Å². The average Bonchev–Trinajstić information content (AvgIpc) is 2.49. The van der Waals surface area contributed by atoms with Crippen LogP contribution in [-0.4, -0.2) is 19.6 Å².